The van der Waals surface area contributed by atoms with Crippen molar-refractivity contribution in [2.24, 2.45) is 0 Å². The smallest absolute Gasteiger partial charge is 0.408 e. The molecule has 0 radical (unpaired) electrons. The number of nitrogens with zero attached hydrogens (tertiary/aromatic N) is 1. The van der Waals surface area contributed by atoms with E-state index in [-0.39, 0.29) is 12.2 Å². The molecule has 0 bridgehead atoms. The number of anilines is 1. The molecule has 2 N–H and O–H groups in total. The molecule has 0 aromatic heterocycles. The highest BCUT2D eigenvalue weighted by molar-refractivity contribution is 7.91. The number of alkyl carbamates (subject to hydrolysis) is 1. The number of rotatable bonds is 5. The van der Waals surface area contributed by atoms with Gasteiger partial charge >= 0.3 is 6.09 Å². The second kappa shape index (κ2) is 10.4. The second-order valence-electron chi connectivity index (χ2n) is 10.8. The highest BCUT2D eigenvalue weighted by Crippen LogP contribution is 2.38. The predicted octanol–water partition coefficient (Wildman–Crippen LogP) is 3.71. The molecule has 2 aromatic carbocycles. The molecular weight excluding hydrogens is 558 g/mol. The lowest BCUT2D eigenvalue weighted by molar-refractivity contribution is -0.120. The maximum atomic E-state index is 15.1. The average molecular weight is 586 g/mol. The molecule has 1 saturated carbocycles. The van der Waals surface area contributed by atoms with Gasteiger partial charge in [-0.05, 0) is 50.6 Å². The molecule has 40 heavy (non-hydrogen) atoms. The van der Waals surface area contributed by atoms with Gasteiger partial charge in [0.1, 0.15) is 23.3 Å². The fraction of sp³-hybridized carbons (Fsp3) is 0.423. The maximum absolute atomic E-state index is 15.1. The minimum atomic E-state index is -4.44. The maximum Gasteiger partial charge on any atom is 0.408 e. The minimum Gasteiger partial charge on any atom is -0.444 e. The summed E-state index contributed by atoms with van der Waals surface area (Å²) in [6, 6.07) is 3.76. The molecule has 1 heterocycles. The summed E-state index contributed by atoms with van der Waals surface area (Å²) in [4.78, 5) is 39.2. The van der Waals surface area contributed by atoms with Crippen LogP contribution in [0.2, 0.25) is 0 Å². The molecule has 1 fully saturated rings. The Kier molecular flexibility index (Phi) is 7.60. The van der Waals surface area contributed by atoms with Crippen LogP contribution in [-0.4, -0.2) is 55.7 Å². The number of sulfone groups is 1. The van der Waals surface area contributed by atoms with Crippen LogP contribution < -0.4 is 15.5 Å². The van der Waals surface area contributed by atoms with Crippen LogP contribution in [0.4, 0.5) is 28.0 Å². The third kappa shape index (κ3) is 6.54. The summed E-state index contributed by atoms with van der Waals surface area (Å²) in [5.74, 6) is -7.71. The molecule has 0 saturated heterocycles. The van der Waals surface area contributed by atoms with Gasteiger partial charge in [-0.25, -0.2) is 30.8 Å². The Morgan fingerprint density at radius 2 is 1.70 bits per heavy atom. The molecule has 2 aromatic rings. The predicted molar refractivity (Wildman–Crippen MR) is 135 cm³/mol. The van der Waals surface area contributed by atoms with Crippen molar-refractivity contribution in [1.29, 1.82) is 0 Å². The van der Waals surface area contributed by atoms with Crippen molar-refractivity contribution in [2.45, 2.75) is 68.7 Å². The first-order valence-electron chi connectivity index (χ1n) is 12.2. The molecule has 4 rings (SSSR count). The van der Waals surface area contributed by atoms with E-state index in [1.807, 2.05) is 0 Å². The largest absolute Gasteiger partial charge is 0.444 e. The van der Waals surface area contributed by atoms with Crippen molar-refractivity contribution in [3.8, 4) is 0 Å². The molecule has 1 aliphatic heterocycles. The summed E-state index contributed by atoms with van der Waals surface area (Å²) in [6.45, 7) is 4.36. The monoisotopic (exact) mass is 585 g/mol. The van der Waals surface area contributed by atoms with E-state index in [1.54, 1.807) is 20.8 Å². The van der Waals surface area contributed by atoms with Crippen LogP contribution in [0.5, 0.6) is 0 Å². The van der Waals surface area contributed by atoms with Crippen LogP contribution in [0.15, 0.2) is 41.3 Å². The van der Waals surface area contributed by atoms with Crippen LogP contribution in [0, 0.1) is 11.6 Å². The first-order valence-corrected chi connectivity index (χ1v) is 13.9. The zero-order chi connectivity index (χ0) is 29.6. The van der Waals surface area contributed by atoms with E-state index < -0.39 is 92.0 Å². The molecule has 9 nitrogen and oxygen atoms in total. The number of fused-ring (bicyclic) bond motifs is 1. The van der Waals surface area contributed by atoms with Gasteiger partial charge < -0.3 is 20.3 Å². The van der Waals surface area contributed by atoms with Crippen LogP contribution >= 0.6 is 0 Å². The Bertz CT molecular complexity index is 1450. The molecule has 1 atom stereocenters. The lowest BCUT2D eigenvalue weighted by atomic mass is 9.88. The number of hydrogen-bond acceptors (Lipinski definition) is 6. The lowest BCUT2D eigenvalue weighted by Gasteiger charge is -2.35. The number of ether oxygens (including phenoxy) is 1. The fourth-order valence-corrected chi connectivity index (χ4v) is 6.00. The third-order valence-corrected chi connectivity index (χ3v) is 8.01. The van der Waals surface area contributed by atoms with E-state index >= 15 is 4.39 Å². The Balaban J connectivity index is 1.76. The first-order chi connectivity index (χ1) is 18.4. The molecule has 3 amide bonds. The van der Waals surface area contributed by atoms with Gasteiger partial charge in [-0.15, -0.1) is 0 Å². The zero-order valence-corrected chi connectivity index (χ0v) is 22.6. The summed E-state index contributed by atoms with van der Waals surface area (Å²) < 4.78 is 86.9. The van der Waals surface area contributed by atoms with Crippen LogP contribution in [0.3, 0.4) is 0 Å². The van der Waals surface area contributed by atoms with Crippen LogP contribution in [0.1, 0.15) is 49.5 Å². The van der Waals surface area contributed by atoms with E-state index in [0.29, 0.717) is 11.6 Å². The lowest BCUT2D eigenvalue weighted by Crippen LogP contribution is -2.51. The quantitative estimate of drug-likeness (QED) is 0.516. The van der Waals surface area contributed by atoms with Gasteiger partial charge in [0, 0.05) is 18.9 Å². The highest BCUT2D eigenvalue weighted by Gasteiger charge is 2.46. The normalized spacial score (nSPS) is 20.1. The molecule has 14 heteroatoms. The van der Waals surface area contributed by atoms with Gasteiger partial charge in [0.05, 0.1) is 28.4 Å². The van der Waals surface area contributed by atoms with Gasteiger partial charge in [-0.1, -0.05) is 12.1 Å². The van der Waals surface area contributed by atoms with Gasteiger partial charge in [0.25, 0.3) is 17.7 Å². The average Bonchev–Trinajstić information content (AvgIpc) is 2.86. The van der Waals surface area contributed by atoms with Crippen molar-refractivity contribution in [3.05, 3.63) is 59.2 Å². The number of amides is 3. The Hall–Kier alpha value is -3.68. The van der Waals surface area contributed by atoms with E-state index in [4.69, 9.17) is 4.74 Å². The fourth-order valence-electron chi connectivity index (χ4n) is 4.38. The van der Waals surface area contributed by atoms with E-state index in [0.717, 1.165) is 23.1 Å². The minimum absolute atomic E-state index is 0.338. The molecular formula is C26H27F4N3O6S. The Labute approximate surface area is 227 Å². The SMILES string of the molecule is CC(C)(C)OC(=O)N[C@H]1CS(=O)(=O)c2cc(F)c(C(=O)NC3CC(F)(F)C3)cc2N(Cc2ccc(F)cc2)C1=O. The number of benzene rings is 2. The van der Waals surface area contributed by atoms with E-state index in [9.17, 15) is 36.0 Å². The number of carbonyl (C=O) groups excluding carboxylic acids is 3. The first kappa shape index (κ1) is 29.3. The molecule has 0 spiro atoms. The van der Waals surface area contributed by atoms with Crippen molar-refractivity contribution in [2.75, 3.05) is 10.7 Å². The molecule has 1 aliphatic carbocycles. The number of alkyl halides is 2. The number of nitrogens with one attached hydrogen (secondary N) is 2. The summed E-state index contributed by atoms with van der Waals surface area (Å²) in [5.41, 5.74) is -1.65. The van der Waals surface area contributed by atoms with Crippen molar-refractivity contribution in [3.63, 3.8) is 0 Å². The summed E-state index contributed by atoms with van der Waals surface area (Å²) in [5, 5.41) is 4.53. The van der Waals surface area contributed by atoms with Crippen LogP contribution in [-0.2, 0) is 25.9 Å². The third-order valence-electron chi connectivity index (χ3n) is 6.24. The van der Waals surface area contributed by atoms with Gasteiger partial charge in [-0.3, -0.25) is 9.59 Å². The van der Waals surface area contributed by atoms with Gasteiger partial charge in [-0.2, -0.15) is 0 Å². The van der Waals surface area contributed by atoms with Crippen LogP contribution in [0.25, 0.3) is 0 Å². The Morgan fingerprint density at radius 1 is 1.07 bits per heavy atom. The van der Waals surface area contributed by atoms with Gasteiger partial charge in [0.15, 0.2) is 9.84 Å². The molecule has 216 valence electrons. The number of hydrogen-bond donors (Lipinski definition) is 2. The van der Waals surface area contributed by atoms with Crippen molar-refractivity contribution < 1.29 is 45.1 Å². The number of halogens is 4. The van der Waals surface area contributed by atoms with E-state index in [2.05, 4.69) is 10.6 Å². The zero-order valence-electron chi connectivity index (χ0n) is 21.8. The molecule has 0 unspecified atom stereocenters. The summed E-state index contributed by atoms with van der Waals surface area (Å²) >= 11 is 0. The van der Waals surface area contributed by atoms with Gasteiger partial charge in [0.2, 0.25) is 0 Å². The van der Waals surface area contributed by atoms with E-state index in [1.165, 1.54) is 12.1 Å². The molecule has 2 aliphatic rings. The topological polar surface area (TPSA) is 122 Å². The van der Waals surface area contributed by atoms with Crippen molar-refractivity contribution in [1.82, 2.24) is 10.6 Å². The van der Waals surface area contributed by atoms with Crippen molar-refractivity contribution >= 4 is 33.4 Å². The standard InChI is InChI=1S/C26H27F4N3O6S/c1-25(2,3)39-24(36)32-19-13-40(37,38)21-9-18(28)17(22(34)31-16-10-26(29,30)11-16)8-20(21)33(23(19)35)12-14-4-6-15(27)7-5-14/h4-9,16,19H,10-13H2,1-3H3,(H,31,34)(H,32,36)/t19-/m0/s1. The second-order valence-corrected chi connectivity index (χ2v) is 12.8. The highest BCUT2D eigenvalue weighted by atomic mass is 32.2. The summed E-state index contributed by atoms with van der Waals surface area (Å²) in [6.07, 6.45) is -2.34. The summed E-state index contributed by atoms with van der Waals surface area (Å²) in [7, 11) is -4.44. The Morgan fingerprint density at radius 3 is 2.27 bits per heavy atom. The number of carbonyl (C=O) groups is 3.